The molecule has 0 N–H and O–H groups in total. The highest BCUT2D eigenvalue weighted by atomic mass is 32.2. The van der Waals surface area contributed by atoms with E-state index in [1.165, 1.54) is 5.56 Å². The predicted molar refractivity (Wildman–Crippen MR) is 105 cm³/mol. The first-order chi connectivity index (χ1) is 12.3. The molecule has 0 spiro atoms. The normalized spacial score (nSPS) is 16.0. The van der Waals surface area contributed by atoms with Gasteiger partial charge in [0.2, 0.25) is 0 Å². The molecule has 1 amide bonds. The summed E-state index contributed by atoms with van der Waals surface area (Å²) in [6.45, 7) is 5.51. The minimum absolute atomic E-state index is 0.234. The van der Waals surface area contributed by atoms with E-state index in [0.717, 1.165) is 39.3 Å². The van der Waals surface area contributed by atoms with Gasteiger partial charge >= 0.3 is 0 Å². The van der Waals surface area contributed by atoms with Crippen LogP contribution in [0.2, 0.25) is 0 Å². The number of thiocarbonyl (C=S) groups is 1. The van der Waals surface area contributed by atoms with Crippen molar-refractivity contribution in [1.29, 1.82) is 0 Å². The zero-order chi connectivity index (χ0) is 19.0. The highest BCUT2D eigenvalue weighted by Crippen LogP contribution is 2.33. The average Bonchev–Trinajstić information content (AvgIpc) is 2.99. The molecule has 1 aromatic carbocycles. The maximum atomic E-state index is 12.4. The number of carbonyl (C=O) groups is 2. The lowest BCUT2D eigenvalue weighted by Crippen LogP contribution is -2.40. The summed E-state index contributed by atoms with van der Waals surface area (Å²) >= 11 is 6.22. The van der Waals surface area contributed by atoms with Gasteiger partial charge in [0.25, 0.3) is 5.91 Å². The molecule has 26 heavy (non-hydrogen) atoms. The number of nitrogens with zero attached hydrogens (tertiary/aromatic N) is 2. The van der Waals surface area contributed by atoms with Crippen molar-refractivity contribution in [3.63, 3.8) is 0 Å². The van der Waals surface area contributed by atoms with Gasteiger partial charge in [-0.25, -0.2) is 0 Å². The molecular weight excluding hydrogens is 368 g/mol. The summed E-state index contributed by atoms with van der Waals surface area (Å²) in [5.74, 6) is -1.73. The van der Waals surface area contributed by atoms with Gasteiger partial charge in [-0.2, -0.15) is 0 Å². The molecule has 1 aliphatic heterocycles. The van der Waals surface area contributed by atoms with E-state index in [0.29, 0.717) is 4.91 Å². The van der Waals surface area contributed by atoms with Gasteiger partial charge in [0.1, 0.15) is 4.32 Å². The van der Waals surface area contributed by atoms with Crippen LogP contribution in [0.5, 0.6) is 0 Å². The number of benzene rings is 1. The van der Waals surface area contributed by atoms with Gasteiger partial charge < -0.3 is 14.5 Å². The minimum Gasteiger partial charge on any atom is -0.548 e. The van der Waals surface area contributed by atoms with Crippen molar-refractivity contribution >= 4 is 46.3 Å². The Labute approximate surface area is 161 Å². The third kappa shape index (κ3) is 3.45. The second-order valence-corrected chi connectivity index (χ2v) is 7.81. The van der Waals surface area contributed by atoms with E-state index in [2.05, 4.69) is 28.8 Å². The third-order valence-electron chi connectivity index (χ3n) is 4.21. The fraction of sp³-hybridized carbons (Fsp3) is 0.211. The van der Waals surface area contributed by atoms with Gasteiger partial charge in [0.15, 0.2) is 0 Å². The molecule has 0 bridgehead atoms. The van der Waals surface area contributed by atoms with Crippen LogP contribution in [-0.4, -0.2) is 32.2 Å². The molecule has 0 unspecified atom stereocenters. The zero-order valence-electron chi connectivity index (χ0n) is 14.6. The van der Waals surface area contributed by atoms with E-state index in [9.17, 15) is 14.7 Å². The number of hydrogen-bond acceptors (Lipinski definition) is 5. The van der Waals surface area contributed by atoms with Gasteiger partial charge in [0, 0.05) is 17.1 Å². The summed E-state index contributed by atoms with van der Waals surface area (Å²) in [7, 11) is 0. The van der Waals surface area contributed by atoms with E-state index >= 15 is 0 Å². The largest absolute Gasteiger partial charge is 0.548 e. The van der Waals surface area contributed by atoms with Crippen LogP contribution in [-0.2, 0) is 9.59 Å². The molecule has 2 aromatic rings. The van der Waals surface area contributed by atoms with Crippen LogP contribution in [0.1, 0.15) is 22.5 Å². The fourth-order valence-corrected chi connectivity index (χ4v) is 4.18. The number of carbonyl (C=O) groups excluding carboxylic acids is 2. The Morgan fingerprint density at radius 3 is 2.50 bits per heavy atom. The van der Waals surface area contributed by atoms with E-state index in [4.69, 9.17) is 12.2 Å². The summed E-state index contributed by atoms with van der Waals surface area (Å²) < 4.78 is 2.35. The van der Waals surface area contributed by atoms with Crippen molar-refractivity contribution in [1.82, 2.24) is 9.47 Å². The number of aryl methyl sites for hydroxylation is 2. The van der Waals surface area contributed by atoms with Crippen molar-refractivity contribution in [2.45, 2.75) is 20.8 Å². The first kappa shape index (κ1) is 18.4. The average molecular weight is 385 g/mol. The van der Waals surface area contributed by atoms with Crippen molar-refractivity contribution in [2.24, 2.45) is 0 Å². The van der Waals surface area contributed by atoms with Crippen molar-refractivity contribution in [3.8, 4) is 5.69 Å². The maximum Gasteiger partial charge on any atom is 0.266 e. The molecule has 2 heterocycles. The molecule has 0 atom stereocenters. The zero-order valence-corrected chi connectivity index (χ0v) is 16.2. The van der Waals surface area contributed by atoms with Crippen LogP contribution in [0, 0.1) is 20.8 Å². The topological polar surface area (TPSA) is 65.4 Å². The van der Waals surface area contributed by atoms with Gasteiger partial charge in [-0.1, -0.05) is 41.7 Å². The summed E-state index contributed by atoms with van der Waals surface area (Å²) in [6.07, 6.45) is 1.77. The maximum absolute atomic E-state index is 12.4. The lowest BCUT2D eigenvalue weighted by Gasteiger charge is -2.14. The van der Waals surface area contributed by atoms with Crippen LogP contribution in [0.3, 0.4) is 0 Å². The minimum atomic E-state index is -1.33. The first-order valence-corrected chi connectivity index (χ1v) is 9.21. The molecule has 1 aromatic heterocycles. The number of thioether (sulfide) groups is 1. The van der Waals surface area contributed by atoms with Crippen molar-refractivity contribution < 1.29 is 14.7 Å². The van der Waals surface area contributed by atoms with Crippen LogP contribution in [0.4, 0.5) is 0 Å². The second kappa shape index (κ2) is 7.09. The summed E-state index contributed by atoms with van der Waals surface area (Å²) in [6, 6.07) is 10.2. The molecule has 1 aliphatic rings. The Morgan fingerprint density at radius 1 is 1.23 bits per heavy atom. The molecule has 1 saturated heterocycles. The second-order valence-electron chi connectivity index (χ2n) is 6.14. The predicted octanol–water partition coefficient (Wildman–Crippen LogP) is 2.35. The van der Waals surface area contributed by atoms with E-state index in [-0.39, 0.29) is 4.32 Å². The van der Waals surface area contributed by atoms with E-state index in [1.54, 1.807) is 6.08 Å². The van der Waals surface area contributed by atoms with Crippen molar-refractivity contribution in [2.75, 3.05) is 6.54 Å². The molecule has 7 heteroatoms. The highest BCUT2D eigenvalue weighted by molar-refractivity contribution is 8.26. The lowest BCUT2D eigenvalue weighted by molar-refractivity contribution is -0.305. The van der Waals surface area contributed by atoms with Gasteiger partial charge in [-0.15, -0.1) is 0 Å². The fourth-order valence-electron chi connectivity index (χ4n) is 2.93. The van der Waals surface area contributed by atoms with E-state index < -0.39 is 18.4 Å². The quantitative estimate of drug-likeness (QED) is 0.597. The molecule has 0 saturated carbocycles. The molecule has 0 aliphatic carbocycles. The number of aromatic nitrogens is 1. The summed E-state index contributed by atoms with van der Waals surface area (Å²) in [5, 5.41) is 10.8. The number of carboxylic acids is 1. The molecular formula is C19H17N2O3S2-. The van der Waals surface area contributed by atoms with Crippen molar-refractivity contribution in [3.05, 3.63) is 57.8 Å². The molecule has 5 nitrogen and oxygen atoms in total. The molecule has 3 rings (SSSR count). The number of hydrogen-bond donors (Lipinski definition) is 0. The Hall–Kier alpha value is -2.38. The Morgan fingerprint density at radius 2 is 1.88 bits per heavy atom. The summed E-state index contributed by atoms with van der Waals surface area (Å²) in [4.78, 5) is 24.7. The Bertz CT molecular complexity index is 942. The first-order valence-electron chi connectivity index (χ1n) is 7.99. The SMILES string of the molecule is Cc1ccc(-n2c(C)cc(/C=C3\SC(=S)N(CC(=O)[O-])C3=O)c2C)cc1. The lowest BCUT2D eigenvalue weighted by atomic mass is 10.2. The summed E-state index contributed by atoms with van der Waals surface area (Å²) in [5.41, 5.74) is 5.18. The number of aliphatic carboxylic acids is 1. The van der Waals surface area contributed by atoms with Crippen LogP contribution in [0.25, 0.3) is 11.8 Å². The number of amides is 1. The molecule has 1 fully saturated rings. The Kier molecular flexibility index (Phi) is 5.02. The molecule has 0 radical (unpaired) electrons. The Balaban J connectivity index is 1.96. The van der Waals surface area contributed by atoms with Crippen LogP contribution in [0.15, 0.2) is 35.2 Å². The highest BCUT2D eigenvalue weighted by Gasteiger charge is 2.32. The standard InChI is InChI=1S/C19H18N2O3S2/c1-11-4-6-15(7-5-11)21-12(2)8-14(13(21)3)9-16-18(24)20(10-17(22)23)19(25)26-16/h4-9H,10H2,1-3H3,(H,22,23)/p-1/b16-9-. The van der Waals surface area contributed by atoms with Crippen LogP contribution < -0.4 is 5.11 Å². The number of rotatable bonds is 4. The number of carboxylic acid groups (broad SMARTS) is 1. The van der Waals surface area contributed by atoms with Gasteiger partial charge in [0.05, 0.1) is 17.4 Å². The smallest absolute Gasteiger partial charge is 0.266 e. The van der Waals surface area contributed by atoms with Gasteiger partial charge in [-0.3, -0.25) is 9.69 Å². The molecule has 134 valence electrons. The third-order valence-corrected chi connectivity index (χ3v) is 5.59. The van der Waals surface area contributed by atoms with Crippen LogP contribution >= 0.6 is 24.0 Å². The van der Waals surface area contributed by atoms with E-state index in [1.807, 2.05) is 26.8 Å². The monoisotopic (exact) mass is 385 g/mol. The van der Waals surface area contributed by atoms with Gasteiger partial charge in [-0.05, 0) is 50.6 Å².